The zero-order valence-electron chi connectivity index (χ0n) is 14.7. The van der Waals surface area contributed by atoms with Crippen molar-refractivity contribution in [1.82, 2.24) is 9.88 Å². The molecule has 0 bridgehead atoms. The normalized spacial score (nSPS) is 10.4. The van der Waals surface area contributed by atoms with E-state index in [0.717, 1.165) is 5.69 Å². The first kappa shape index (κ1) is 18.7. The Balaban J connectivity index is 1.45. The van der Waals surface area contributed by atoms with Crippen LogP contribution >= 0.6 is 11.3 Å². The molecular formula is C19H18N2O5S. The van der Waals surface area contributed by atoms with Gasteiger partial charge in [0.15, 0.2) is 6.61 Å². The van der Waals surface area contributed by atoms with Crippen LogP contribution in [0.2, 0.25) is 0 Å². The fourth-order valence-electron chi connectivity index (χ4n) is 2.20. The maximum Gasteiger partial charge on any atom is 0.338 e. The summed E-state index contributed by atoms with van der Waals surface area (Å²) in [6.07, 6.45) is 1.54. The number of ether oxygens (including phenoxy) is 2. The zero-order valence-corrected chi connectivity index (χ0v) is 15.5. The lowest BCUT2D eigenvalue weighted by atomic mass is 10.2. The number of likely N-dealkylation sites (N-methyl/N-ethyl adjacent to an activating group) is 1. The largest absolute Gasteiger partial charge is 0.487 e. The number of furan rings is 1. The molecule has 8 heteroatoms. The second-order valence-corrected chi connectivity index (χ2v) is 6.42. The number of aromatic nitrogens is 1. The van der Waals surface area contributed by atoms with Crippen molar-refractivity contribution in [2.24, 2.45) is 0 Å². The molecule has 3 aromatic rings. The van der Waals surface area contributed by atoms with Gasteiger partial charge in [-0.1, -0.05) is 0 Å². The van der Waals surface area contributed by atoms with Crippen molar-refractivity contribution < 1.29 is 23.5 Å². The molecule has 140 valence electrons. The van der Waals surface area contributed by atoms with Crippen LogP contribution in [0.3, 0.4) is 0 Å². The van der Waals surface area contributed by atoms with Crippen LogP contribution < -0.4 is 4.74 Å². The summed E-state index contributed by atoms with van der Waals surface area (Å²) in [7, 11) is 1.62. The highest BCUT2D eigenvalue weighted by Crippen LogP contribution is 2.15. The van der Waals surface area contributed by atoms with Crippen LogP contribution in [0, 0.1) is 0 Å². The quantitative estimate of drug-likeness (QED) is 0.553. The minimum Gasteiger partial charge on any atom is -0.487 e. The summed E-state index contributed by atoms with van der Waals surface area (Å²) in [6.45, 7) is 0.344. The van der Waals surface area contributed by atoms with Crippen LogP contribution in [0.4, 0.5) is 0 Å². The van der Waals surface area contributed by atoms with E-state index in [0.29, 0.717) is 30.2 Å². The molecular weight excluding hydrogens is 368 g/mol. The molecule has 3 rings (SSSR count). The zero-order chi connectivity index (χ0) is 19.1. The van der Waals surface area contributed by atoms with Gasteiger partial charge in [0.1, 0.15) is 18.1 Å². The lowest BCUT2D eigenvalue weighted by Gasteiger charge is -2.15. The maximum absolute atomic E-state index is 12.1. The maximum atomic E-state index is 12.1. The molecule has 0 N–H and O–H groups in total. The van der Waals surface area contributed by atoms with E-state index in [1.807, 2.05) is 5.38 Å². The van der Waals surface area contributed by atoms with E-state index >= 15 is 0 Å². The molecule has 1 amide bonds. The van der Waals surface area contributed by atoms with Crippen LogP contribution in [0.5, 0.6) is 5.75 Å². The Kier molecular flexibility index (Phi) is 6.22. The van der Waals surface area contributed by atoms with Crippen LogP contribution in [-0.4, -0.2) is 35.4 Å². The van der Waals surface area contributed by atoms with Gasteiger partial charge in [-0.25, -0.2) is 9.78 Å². The third-order valence-corrected chi connectivity index (χ3v) is 4.32. The number of carbonyl (C=O) groups is 2. The number of esters is 1. The standard InChI is InChI=1S/C19H18N2O5S/c1-21(9-17-3-2-8-24-17)18(22)11-26-19(23)14-4-6-16(7-5-14)25-10-15-12-27-13-20-15/h2-8,12-13H,9-11H2,1H3. The lowest BCUT2D eigenvalue weighted by Crippen LogP contribution is -2.30. The molecule has 1 aromatic carbocycles. The van der Waals surface area contributed by atoms with Crippen LogP contribution in [0.1, 0.15) is 21.8 Å². The topological polar surface area (TPSA) is 81.9 Å². The number of amides is 1. The Morgan fingerprint density at radius 1 is 1.22 bits per heavy atom. The smallest absolute Gasteiger partial charge is 0.338 e. The SMILES string of the molecule is CN(Cc1ccco1)C(=O)COC(=O)c1ccc(OCc2cscn2)cc1. The molecule has 0 fully saturated rings. The van der Waals surface area contributed by atoms with Crippen molar-refractivity contribution in [2.75, 3.05) is 13.7 Å². The van der Waals surface area contributed by atoms with Gasteiger partial charge < -0.3 is 18.8 Å². The minimum absolute atomic E-state index is 0.314. The highest BCUT2D eigenvalue weighted by Gasteiger charge is 2.14. The molecule has 0 saturated carbocycles. The molecule has 0 aliphatic heterocycles. The predicted molar refractivity (Wildman–Crippen MR) is 98.4 cm³/mol. The van der Waals surface area contributed by atoms with Gasteiger partial charge in [-0.05, 0) is 36.4 Å². The summed E-state index contributed by atoms with van der Waals surface area (Å²) in [5.74, 6) is 0.392. The van der Waals surface area contributed by atoms with E-state index in [9.17, 15) is 9.59 Å². The fourth-order valence-corrected chi connectivity index (χ4v) is 2.74. The van der Waals surface area contributed by atoms with E-state index in [-0.39, 0.29) is 12.5 Å². The third kappa shape index (κ3) is 5.42. The van der Waals surface area contributed by atoms with E-state index in [1.165, 1.54) is 22.5 Å². The number of thiazole rings is 1. The highest BCUT2D eigenvalue weighted by molar-refractivity contribution is 7.07. The summed E-state index contributed by atoms with van der Waals surface area (Å²) < 4.78 is 15.9. The van der Waals surface area contributed by atoms with E-state index in [2.05, 4.69) is 4.98 Å². The van der Waals surface area contributed by atoms with Crippen LogP contribution in [0.25, 0.3) is 0 Å². The summed E-state index contributed by atoms with van der Waals surface area (Å²) in [5, 5.41) is 1.91. The third-order valence-electron chi connectivity index (χ3n) is 3.69. The van der Waals surface area contributed by atoms with Crippen molar-refractivity contribution in [3.05, 3.63) is 70.6 Å². The molecule has 2 heterocycles. The average Bonchev–Trinajstić information content (AvgIpc) is 3.38. The molecule has 0 unspecified atom stereocenters. The number of rotatable bonds is 8. The Morgan fingerprint density at radius 3 is 2.70 bits per heavy atom. The van der Waals surface area contributed by atoms with Crippen molar-refractivity contribution in [2.45, 2.75) is 13.2 Å². The van der Waals surface area contributed by atoms with Gasteiger partial charge in [0.05, 0.1) is 29.6 Å². The van der Waals surface area contributed by atoms with Gasteiger partial charge in [0.25, 0.3) is 5.91 Å². The first-order valence-electron chi connectivity index (χ1n) is 8.15. The number of benzene rings is 1. The molecule has 27 heavy (non-hydrogen) atoms. The van der Waals surface area contributed by atoms with Crippen molar-refractivity contribution in [1.29, 1.82) is 0 Å². The van der Waals surface area contributed by atoms with Gasteiger partial charge in [0, 0.05) is 12.4 Å². The Labute approximate surface area is 160 Å². The molecule has 2 aromatic heterocycles. The molecule has 0 atom stereocenters. The second-order valence-electron chi connectivity index (χ2n) is 5.70. The van der Waals surface area contributed by atoms with E-state index < -0.39 is 5.97 Å². The number of nitrogens with zero attached hydrogens (tertiary/aromatic N) is 2. The van der Waals surface area contributed by atoms with Crippen molar-refractivity contribution in [3.63, 3.8) is 0 Å². The Hall–Kier alpha value is -3.13. The van der Waals surface area contributed by atoms with Gasteiger partial charge >= 0.3 is 5.97 Å². The van der Waals surface area contributed by atoms with Crippen LogP contribution in [0.15, 0.2) is 58.0 Å². The second kappa shape index (κ2) is 9.00. The van der Waals surface area contributed by atoms with E-state index in [4.69, 9.17) is 13.9 Å². The predicted octanol–water partition coefficient (Wildman–Crippen LogP) is 3.13. The Bertz CT molecular complexity index is 860. The molecule has 0 aliphatic rings. The van der Waals surface area contributed by atoms with Gasteiger partial charge in [-0.3, -0.25) is 4.79 Å². The minimum atomic E-state index is -0.569. The first-order chi connectivity index (χ1) is 13.1. The molecule has 7 nitrogen and oxygen atoms in total. The van der Waals surface area contributed by atoms with Crippen molar-refractivity contribution >= 4 is 23.2 Å². The van der Waals surface area contributed by atoms with Crippen LogP contribution in [-0.2, 0) is 22.7 Å². The molecule has 0 saturated heterocycles. The van der Waals surface area contributed by atoms with Gasteiger partial charge in [0.2, 0.25) is 0 Å². The molecule has 0 radical (unpaired) electrons. The fraction of sp³-hybridized carbons (Fsp3) is 0.211. The number of carbonyl (C=O) groups excluding carboxylic acids is 2. The summed E-state index contributed by atoms with van der Waals surface area (Å²) >= 11 is 1.50. The van der Waals surface area contributed by atoms with Crippen molar-refractivity contribution in [3.8, 4) is 5.75 Å². The van der Waals surface area contributed by atoms with Gasteiger partial charge in [-0.15, -0.1) is 11.3 Å². The van der Waals surface area contributed by atoms with Gasteiger partial charge in [-0.2, -0.15) is 0 Å². The Morgan fingerprint density at radius 2 is 2.04 bits per heavy atom. The summed E-state index contributed by atoms with van der Waals surface area (Å²) in [4.78, 5) is 29.7. The number of hydrogen-bond donors (Lipinski definition) is 0. The monoisotopic (exact) mass is 386 g/mol. The average molecular weight is 386 g/mol. The van der Waals surface area contributed by atoms with E-state index in [1.54, 1.807) is 49.0 Å². The summed E-state index contributed by atoms with van der Waals surface area (Å²) in [5.41, 5.74) is 2.93. The first-order valence-corrected chi connectivity index (χ1v) is 9.09. The molecule has 0 aliphatic carbocycles. The highest BCUT2D eigenvalue weighted by atomic mass is 32.1. The molecule has 0 spiro atoms. The summed E-state index contributed by atoms with van der Waals surface area (Å²) in [6, 6.07) is 10.1. The lowest BCUT2D eigenvalue weighted by molar-refractivity contribution is -0.133. The number of hydrogen-bond acceptors (Lipinski definition) is 7.